The van der Waals surface area contributed by atoms with Crippen LogP contribution in [0.5, 0.6) is 5.75 Å². The second-order valence-corrected chi connectivity index (χ2v) is 3.05. The van der Waals surface area contributed by atoms with Crippen molar-refractivity contribution in [3.05, 3.63) is 28.8 Å². The zero-order chi connectivity index (χ0) is 8.55. The lowest BCUT2D eigenvalue weighted by Crippen LogP contribution is -1.88. The Bertz CT molecular complexity index is 363. The molecule has 1 N–H and O–H groups in total. The van der Waals surface area contributed by atoms with Crippen LogP contribution < -0.4 is 0 Å². The Morgan fingerprint density at radius 1 is 1.25 bits per heavy atom. The maximum atomic E-state index is 9.44. The summed E-state index contributed by atoms with van der Waals surface area (Å²) >= 11 is 0. The van der Waals surface area contributed by atoms with Gasteiger partial charge in [-0.3, -0.25) is 0 Å². The highest BCUT2D eigenvalue weighted by atomic mass is 16.3. The van der Waals surface area contributed by atoms with Crippen LogP contribution in [-0.2, 0) is 12.8 Å². The van der Waals surface area contributed by atoms with Crippen molar-refractivity contribution in [2.45, 2.75) is 19.3 Å². The van der Waals surface area contributed by atoms with Crippen LogP contribution in [0, 0.1) is 11.3 Å². The molecule has 0 unspecified atom stereocenters. The summed E-state index contributed by atoms with van der Waals surface area (Å²) < 4.78 is 0. The molecule has 0 spiro atoms. The van der Waals surface area contributed by atoms with Gasteiger partial charge < -0.3 is 5.11 Å². The summed E-state index contributed by atoms with van der Waals surface area (Å²) in [5, 5.41) is 18.2. The number of phenolic OH excluding ortho intramolecular Hbond substituents is 1. The summed E-state index contributed by atoms with van der Waals surface area (Å²) in [6, 6.07) is 5.45. The monoisotopic (exact) mass is 159 g/mol. The molecular formula is C10H9NO. The van der Waals surface area contributed by atoms with Gasteiger partial charge in [-0.15, -0.1) is 0 Å². The lowest BCUT2D eigenvalue weighted by atomic mass is 10.0. The minimum absolute atomic E-state index is 0.349. The van der Waals surface area contributed by atoms with Gasteiger partial charge in [0.2, 0.25) is 0 Å². The molecule has 0 heterocycles. The number of nitrogens with zero attached hydrogens (tertiary/aromatic N) is 1. The molecule has 1 aliphatic carbocycles. The smallest absolute Gasteiger partial charge is 0.119 e. The third-order valence-corrected chi connectivity index (χ3v) is 2.38. The SMILES string of the molecule is N#Cc1ccc(O)c2c1CCC2. The number of phenols is 1. The van der Waals surface area contributed by atoms with Gasteiger partial charge in [-0.1, -0.05) is 0 Å². The van der Waals surface area contributed by atoms with Crippen molar-refractivity contribution in [1.29, 1.82) is 5.26 Å². The van der Waals surface area contributed by atoms with Gasteiger partial charge in [0.25, 0.3) is 0 Å². The summed E-state index contributed by atoms with van der Waals surface area (Å²) in [5.74, 6) is 0.349. The maximum absolute atomic E-state index is 9.44. The highest BCUT2D eigenvalue weighted by Gasteiger charge is 2.17. The molecule has 12 heavy (non-hydrogen) atoms. The van der Waals surface area contributed by atoms with Crippen LogP contribution in [0.15, 0.2) is 12.1 Å². The van der Waals surface area contributed by atoms with Gasteiger partial charge in [-0.25, -0.2) is 0 Å². The third-order valence-electron chi connectivity index (χ3n) is 2.38. The van der Waals surface area contributed by atoms with Crippen molar-refractivity contribution in [3.63, 3.8) is 0 Å². The van der Waals surface area contributed by atoms with Crippen LogP contribution >= 0.6 is 0 Å². The summed E-state index contributed by atoms with van der Waals surface area (Å²) in [6.45, 7) is 0. The second-order valence-electron chi connectivity index (χ2n) is 3.05. The van der Waals surface area contributed by atoms with Crippen LogP contribution in [-0.4, -0.2) is 5.11 Å². The lowest BCUT2D eigenvalue weighted by molar-refractivity contribution is 0.469. The van der Waals surface area contributed by atoms with Crippen molar-refractivity contribution in [3.8, 4) is 11.8 Å². The van der Waals surface area contributed by atoms with Crippen LogP contribution in [0.1, 0.15) is 23.1 Å². The number of nitriles is 1. The van der Waals surface area contributed by atoms with E-state index < -0.39 is 0 Å². The normalized spacial score (nSPS) is 13.9. The van der Waals surface area contributed by atoms with Crippen LogP contribution in [0.25, 0.3) is 0 Å². The third kappa shape index (κ3) is 0.868. The molecule has 0 amide bonds. The van der Waals surface area contributed by atoms with E-state index in [1.807, 2.05) is 0 Å². The number of aromatic hydroxyl groups is 1. The van der Waals surface area contributed by atoms with E-state index in [9.17, 15) is 5.11 Å². The van der Waals surface area contributed by atoms with Crippen molar-refractivity contribution in [2.24, 2.45) is 0 Å². The van der Waals surface area contributed by atoms with E-state index >= 15 is 0 Å². The number of benzene rings is 1. The van der Waals surface area contributed by atoms with Gasteiger partial charge >= 0.3 is 0 Å². The van der Waals surface area contributed by atoms with Crippen molar-refractivity contribution >= 4 is 0 Å². The maximum Gasteiger partial charge on any atom is 0.119 e. The van der Waals surface area contributed by atoms with Gasteiger partial charge in [0.1, 0.15) is 5.75 Å². The largest absolute Gasteiger partial charge is 0.508 e. The molecule has 1 aromatic rings. The molecule has 2 heteroatoms. The van der Waals surface area contributed by atoms with Crippen molar-refractivity contribution in [2.75, 3.05) is 0 Å². The van der Waals surface area contributed by atoms with E-state index in [0.29, 0.717) is 5.75 Å². The van der Waals surface area contributed by atoms with Crippen LogP contribution in [0.4, 0.5) is 0 Å². The number of hydrogen-bond acceptors (Lipinski definition) is 2. The zero-order valence-electron chi connectivity index (χ0n) is 6.67. The minimum atomic E-state index is 0.349. The molecule has 2 rings (SSSR count). The molecule has 0 saturated heterocycles. The van der Waals surface area contributed by atoms with Crippen LogP contribution in [0.3, 0.4) is 0 Å². The first-order valence-corrected chi connectivity index (χ1v) is 4.07. The number of hydrogen-bond donors (Lipinski definition) is 1. The molecule has 2 nitrogen and oxygen atoms in total. The summed E-state index contributed by atoms with van der Waals surface area (Å²) in [4.78, 5) is 0. The first-order valence-electron chi connectivity index (χ1n) is 4.07. The zero-order valence-corrected chi connectivity index (χ0v) is 6.67. The lowest BCUT2D eigenvalue weighted by Gasteiger charge is -2.02. The number of fused-ring (bicyclic) bond motifs is 1. The minimum Gasteiger partial charge on any atom is -0.508 e. The molecule has 0 saturated carbocycles. The van der Waals surface area contributed by atoms with Gasteiger partial charge in [0.05, 0.1) is 11.6 Å². The van der Waals surface area contributed by atoms with E-state index in [1.54, 1.807) is 12.1 Å². The van der Waals surface area contributed by atoms with Crippen LogP contribution in [0.2, 0.25) is 0 Å². The quantitative estimate of drug-likeness (QED) is 0.626. The molecular weight excluding hydrogens is 150 g/mol. The summed E-state index contributed by atoms with van der Waals surface area (Å²) in [6.07, 6.45) is 2.91. The van der Waals surface area contributed by atoms with E-state index in [4.69, 9.17) is 5.26 Å². The van der Waals surface area contributed by atoms with Gasteiger partial charge in [-0.05, 0) is 42.5 Å². The molecule has 0 bridgehead atoms. The predicted molar refractivity (Wildman–Crippen MR) is 44.8 cm³/mol. The molecule has 0 fully saturated rings. The topological polar surface area (TPSA) is 44.0 Å². The average molecular weight is 159 g/mol. The Hall–Kier alpha value is -1.49. The predicted octanol–water partition coefficient (Wildman–Crippen LogP) is 1.75. The molecule has 60 valence electrons. The van der Waals surface area contributed by atoms with Gasteiger partial charge in [0.15, 0.2) is 0 Å². The highest BCUT2D eigenvalue weighted by molar-refractivity contribution is 5.51. The number of rotatable bonds is 0. The fraction of sp³-hybridized carbons (Fsp3) is 0.300. The summed E-state index contributed by atoms with van der Waals surface area (Å²) in [5.41, 5.74) is 2.76. The van der Waals surface area contributed by atoms with Crippen molar-refractivity contribution < 1.29 is 5.11 Å². The summed E-state index contributed by atoms with van der Waals surface area (Å²) in [7, 11) is 0. The van der Waals surface area contributed by atoms with Gasteiger partial charge in [-0.2, -0.15) is 5.26 Å². The van der Waals surface area contributed by atoms with E-state index in [0.717, 1.165) is 36.0 Å². The Morgan fingerprint density at radius 2 is 2.00 bits per heavy atom. The van der Waals surface area contributed by atoms with E-state index in [-0.39, 0.29) is 0 Å². The molecule has 0 radical (unpaired) electrons. The fourth-order valence-electron chi connectivity index (χ4n) is 1.79. The Kier molecular flexibility index (Phi) is 1.51. The fourth-order valence-corrected chi connectivity index (χ4v) is 1.79. The molecule has 0 aromatic heterocycles. The Morgan fingerprint density at radius 3 is 2.75 bits per heavy atom. The van der Waals surface area contributed by atoms with Crippen molar-refractivity contribution in [1.82, 2.24) is 0 Å². The Labute approximate surface area is 71.1 Å². The Balaban J connectivity index is 2.66. The first-order chi connectivity index (χ1) is 5.83. The second kappa shape index (κ2) is 2.53. The van der Waals surface area contributed by atoms with E-state index in [1.165, 1.54) is 0 Å². The first kappa shape index (κ1) is 7.17. The standard InChI is InChI=1S/C10H9NO/c11-6-7-4-5-10(12)9-3-1-2-8(7)9/h4-5,12H,1-3H2. The average Bonchev–Trinajstić information content (AvgIpc) is 2.54. The highest BCUT2D eigenvalue weighted by Crippen LogP contribution is 2.31. The van der Waals surface area contributed by atoms with Gasteiger partial charge in [0, 0.05) is 0 Å². The molecule has 0 aliphatic heterocycles. The molecule has 1 aliphatic rings. The molecule has 0 atom stereocenters. The molecule has 1 aromatic carbocycles. The van der Waals surface area contributed by atoms with E-state index in [2.05, 4.69) is 6.07 Å².